The molecule has 0 aliphatic carbocycles. The summed E-state index contributed by atoms with van der Waals surface area (Å²) in [6, 6.07) is 8.42. The summed E-state index contributed by atoms with van der Waals surface area (Å²) in [5, 5.41) is -0.0542. The van der Waals surface area contributed by atoms with E-state index in [1.54, 1.807) is 7.11 Å². The van der Waals surface area contributed by atoms with Gasteiger partial charge in [0.25, 0.3) is 0 Å². The second-order valence-electron chi connectivity index (χ2n) is 4.98. The van der Waals surface area contributed by atoms with Gasteiger partial charge < -0.3 is 4.74 Å². The summed E-state index contributed by atoms with van der Waals surface area (Å²) >= 11 is 10.6. The minimum atomic E-state index is -0.0542. The molecule has 0 spiro atoms. The number of rotatable bonds is 3. The van der Waals surface area contributed by atoms with Crippen LogP contribution < -0.4 is 4.74 Å². The molecule has 0 amide bonds. The van der Waals surface area contributed by atoms with Gasteiger partial charge in [-0.05, 0) is 54.0 Å². The van der Waals surface area contributed by atoms with Crippen LogP contribution in [0.15, 0.2) is 24.3 Å². The van der Waals surface area contributed by atoms with Gasteiger partial charge in [0.1, 0.15) is 5.75 Å². The Kier molecular flexibility index (Phi) is 4.29. The number of thioether (sulfide) groups is 1. The van der Waals surface area contributed by atoms with Crippen LogP contribution in [0.1, 0.15) is 31.8 Å². The molecular weight excluding hydrogens is 308 g/mol. The average molecular weight is 325 g/mol. The van der Waals surface area contributed by atoms with Crippen LogP contribution >= 0.6 is 34.7 Å². The van der Waals surface area contributed by atoms with Gasteiger partial charge >= 0.3 is 0 Å². The standard InChI is InChI=1S/C16H17ClOS2/c1-10-7-12(18-2)3-4-13(10)16(17)15-8-11-9-19-6-5-14(11)20-15/h3-4,7-8,16H,5-6,9H2,1-2H3. The number of aryl methyl sites for hydroxylation is 2. The predicted octanol–water partition coefficient (Wildman–Crippen LogP) is 5.18. The van der Waals surface area contributed by atoms with Crippen molar-refractivity contribution in [2.45, 2.75) is 24.5 Å². The maximum atomic E-state index is 6.71. The highest BCUT2D eigenvalue weighted by Crippen LogP contribution is 2.40. The molecule has 0 N–H and O–H groups in total. The molecule has 1 aliphatic rings. The van der Waals surface area contributed by atoms with Crippen molar-refractivity contribution in [3.63, 3.8) is 0 Å². The molecule has 1 unspecified atom stereocenters. The molecule has 106 valence electrons. The molecule has 0 saturated heterocycles. The molecule has 0 saturated carbocycles. The van der Waals surface area contributed by atoms with Gasteiger partial charge in [-0.15, -0.1) is 22.9 Å². The Morgan fingerprint density at radius 2 is 2.15 bits per heavy atom. The van der Waals surface area contributed by atoms with Gasteiger partial charge in [-0.1, -0.05) is 6.07 Å². The molecule has 1 aromatic heterocycles. The molecule has 1 nitrogen and oxygen atoms in total. The first kappa shape index (κ1) is 14.3. The van der Waals surface area contributed by atoms with Gasteiger partial charge in [-0.3, -0.25) is 0 Å². The third-order valence-corrected chi connectivity index (χ3v) is 6.56. The third kappa shape index (κ3) is 2.72. The van der Waals surface area contributed by atoms with Crippen molar-refractivity contribution in [1.29, 1.82) is 0 Å². The van der Waals surface area contributed by atoms with Crippen LogP contribution in [0.2, 0.25) is 0 Å². The van der Waals surface area contributed by atoms with Crippen molar-refractivity contribution in [1.82, 2.24) is 0 Å². The number of hydrogen-bond donors (Lipinski definition) is 0. The molecule has 2 heterocycles. The van der Waals surface area contributed by atoms with Crippen LogP contribution in [0, 0.1) is 6.92 Å². The van der Waals surface area contributed by atoms with E-state index >= 15 is 0 Å². The fourth-order valence-corrected chi connectivity index (χ4v) is 5.32. The van der Waals surface area contributed by atoms with Crippen molar-refractivity contribution < 1.29 is 4.74 Å². The van der Waals surface area contributed by atoms with E-state index in [1.807, 2.05) is 35.2 Å². The Hall–Kier alpha value is -0.640. The summed E-state index contributed by atoms with van der Waals surface area (Å²) in [6.07, 6.45) is 1.19. The first-order chi connectivity index (χ1) is 9.69. The lowest BCUT2D eigenvalue weighted by molar-refractivity contribution is 0.414. The van der Waals surface area contributed by atoms with Gasteiger partial charge in [0.15, 0.2) is 0 Å². The quantitative estimate of drug-likeness (QED) is 0.719. The van der Waals surface area contributed by atoms with E-state index in [-0.39, 0.29) is 5.38 Å². The van der Waals surface area contributed by atoms with Crippen LogP contribution in [-0.2, 0) is 12.2 Å². The minimum absolute atomic E-state index is 0.0542. The summed E-state index contributed by atoms with van der Waals surface area (Å²) in [5.74, 6) is 3.26. The summed E-state index contributed by atoms with van der Waals surface area (Å²) in [4.78, 5) is 2.79. The lowest BCUT2D eigenvalue weighted by Crippen LogP contribution is -1.96. The highest BCUT2D eigenvalue weighted by molar-refractivity contribution is 7.98. The van der Waals surface area contributed by atoms with Crippen molar-refractivity contribution >= 4 is 34.7 Å². The van der Waals surface area contributed by atoms with Crippen molar-refractivity contribution in [3.05, 3.63) is 50.7 Å². The van der Waals surface area contributed by atoms with Crippen LogP contribution in [-0.4, -0.2) is 12.9 Å². The molecule has 1 aromatic carbocycles. The molecular formula is C16H17ClOS2. The monoisotopic (exact) mass is 324 g/mol. The normalized spacial score (nSPS) is 15.8. The Bertz CT molecular complexity index is 597. The maximum absolute atomic E-state index is 6.71. The third-order valence-electron chi connectivity index (χ3n) is 3.65. The number of alkyl halides is 1. The zero-order valence-electron chi connectivity index (χ0n) is 11.6. The summed E-state index contributed by atoms with van der Waals surface area (Å²) in [6.45, 7) is 2.09. The van der Waals surface area contributed by atoms with E-state index in [9.17, 15) is 0 Å². The van der Waals surface area contributed by atoms with Gasteiger partial charge in [-0.25, -0.2) is 0 Å². The zero-order chi connectivity index (χ0) is 14.1. The maximum Gasteiger partial charge on any atom is 0.119 e. The van der Waals surface area contributed by atoms with E-state index in [2.05, 4.69) is 19.1 Å². The predicted molar refractivity (Wildman–Crippen MR) is 89.6 cm³/mol. The highest BCUT2D eigenvalue weighted by Gasteiger charge is 2.20. The largest absolute Gasteiger partial charge is 0.497 e. The van der Waals surface area contributed by atoms with Gasteiger partial charge in [0.05, 0.1) is 12.5 Å². The molecule has 3 rings (SSSR count). The van der Waals surface area contributed by atoms with Gasteiger partial charge in [0.2, 0.25) is 0 Å². The molecule has 0 bridgehead atoms. The lowest BCUT2D eigenvalue weighted by Gasteiger charge is -2.12. The van der Waals surface area contributed by atoms with Crippen LogP contribution in [0.3, 0.4) is 0 Å². The van der Waals surface area contributed by atoms with E-state index in [0.29, 0.717) is 0 Å². The number of fused-ring (bicyclic) bond motifs is 1. The fourth-order valence-electron chi connectivity index (χ4n) is 2.51. The SMILES string of the molecule is COc1ccc(C(Cl)c2cc3c(s2)CCSC3)c(C)c1. The van der Waals surface area contributed by atoms with E-state index in [4.69, 9.17) is 16.3 Å². The Morgan fingerprint density at radius 3 is 2.85 bits per heavy atom. The first-order valence-electron chi connectivity index (χ1n) is 6.67. The number of ether oxygens (including phenoxy) is 1. The topological polar surface area (TPSA) is 9.23 Å². The lowest BCUT2D eigenvalue weighted by atomic mass is 10.0. The Balaban J connectivity index is 1.92. The van der Waals surface area contributed by atoms with Crippen molar-refractivity contribution in [3.8, 4) is 5.75 Å². The number of benzene rings is 1. The van der Waals surface area contributed by atoms with Crippen LogP contribution in [0.4, 0.5) is 0 Å². The zero-order valence-corrected chi connectivity index (χ0v) is 14.0. The van der Waals surface area contributed by atoms with Crippen molar-refractivity contribution in [2.75, 3.05) is 12.9 Å². The van der Waals surface area contributed by atoms with Crippen molar-refractivity contribution in [2.24, 2.45) is 0 Å². The number of halogens is 1. The van der Waals surface area contributed by atoms with E-state index in [1.165, 1.54) is 38.6 Å². The smallest absolute Gasteiger partial charge is 0.119 e. The second-order valence-corrected chi connectivity index (χ2v) is 7.69. The van der Waals surface area contributed by atoms with Gasteiger partial charge in [0, 0.05) is 15.5 Å². The first-order valence-corrected chi connectivity index (χ1v) is 9.07. The summed E-state index contributed by atoms with van der Waals surface area (Å²) in [5.41, 5.74) is 3.85. The molecule has 4 heteroatoms. The highest BCUT2D eigenvalue weighted by atomic mass is 35.5. The molecule has 1 atom stereocenters. The van der Waals surface area contributed by atoms with Crippen LogP contribution in [0.5, 0.6) is 5.75 Å². The van der Waals surface area contributed by atoms with Gasteiger partial charge in [-0.2, -0.15) is 11.8 Å². The Labute approximate surface area is 133 Å². The fraction of sp³-hybridized carbons (Fsp3) is 0.375. The molecule has 0 fully saturated rings. The van der Waals surface area contributed by atoms with E-state index in [0.717, 1.165) is 11.5 Å². The summed E-state index contributed by atoms with van der Waals surface area (Å²) in [7, 11) is 1.69. The molecule has 20 heavy (non-hydrogen) atoms. The minimum Gasteiger partial charge on any atom is -0.497 e. The number of thiophene rings is 1. The molecule has 0 radical (unpaired) electrons. The summed E-state index contributed by atoms with van der Waals surface area (Å²) < 4.78 is 5.26. The molecule has 2 aromatic rings. The second kappa shape index (κ2) is 6.00. The van der Waals surface area contributed by atoms with E-state index < -0.39 is 0 Å². The number of methoxy groups -OCH3 is 1. The Morgan fingerprint density at radius 1 is 1.30 bits per heavy atom. The van der Waals surface area contributed by atoms with Crippen LogP contribution in [0.25, 0.3) is 0 Å². The molecule has 1 aliphatic heterocycles. The average Bonchev–Trinajstić information content (AvgIpc) is 2.90. The number of hydrogen-bond acceptors (Lipinski definition) is 3.